The van der Waals surface area contributed by atoms with Crippen LogP contribution in [0.4, 0.5) is 0 Å². The Labute approximate surface area is 175 Å². The molecule has 4 fully saturated rings. The van der Waals surface area contributed by atoms with E-state index in [2.05, 4.69) is 17.9 Å². The Hall–Kier alpha value is -0.910. The molecule has 0 aromatic carbocycles. The molecule has 5 heteroatoms. The van der Waals surface area contributed by atoms with Crippen LogP contribution in [-0.2, 0) is 9.53 Å². The summed E-state index contributed by atoms with van der Waals surface area (Å²) in [6.07, 6.45) is 14.4. The van der Waals surface area contributed by atoms with Crippen LogP contribution in [0.25, 0.3) is 0 Å². The van der Waals surface area contributed by atoms with Gasteiger partial charge in [-0.2, -0.15) is 0 Å². The number of methoxy groups -OCH3 is 1. The normalized spacial score (nSPS) is 41.6. The zero-order chi connectivity index (χ0) is 20.6. The van der Waals surface area contributed by atoms with E-state index in [1.54, 1.807) is 7.11 Å². The lowest BCUT2D eigenvalue weighted by molar-refractivity contribution is -0.168. The van der Waals surface area contributed by atoms with Gasteiger partial charge in [0.25, 0.3) is 0 Å². The molecule has 2 N–H and O–H groups in total. The van der Waals surface area contributed by atoms with E-state index in [1.165, 1.54) is 12.8 Å². The summed E-state index contributed by atoms with van der Waals surface area (Å²) in [5, 5.41) is 21.0. The molecule has 2 saturated carbocycles. The third-order valence-electron chi connectivity index (χ3n) is 8.48. The second-order valence-corrected chi connectivity index (χ2v) is 9.94. The summed E-state index contributed by atoms with van der Waals surface area (Å²) >= 11 is 0. The number of carbonyl (C=O) groups excluding carboxylic acids is 1. The van der Waals surface area contributed by atoms with Crippen LogP contribution in [0.3, 0.4) is 0 Å². The Morgan fingerprint density at radius 3 is 2.69 bits per heavy atom. The van der Waals surface area contributed by atoms with Crippen molar-refractivity contribution in [3.8, 4) is 0 Å². The molecule has 7 atom stereocenters. The van der Waals surface area contributed by atoms with Crippen LogP contribution in [0, 0.1) is 17.8 Å². The topological polar surface area (TPSA) is 70.0 Å². The summed E-state index contributed by atoms with van der Waals surface area (Å²) in [7, 11) is 1.54. The number of carbonyl (C=O) groups is 1. The van der Waals surface area contributed by atoms with Crippen LogP contribution in [0.1, 0.15) is 77.6 Å². The van der Waals surface area contributed by atoms with Crippen LogP contribution in [-0.4, -0.2) is 58.0 Å². The number of ether oxygens (including phenoxy) is 1. The first kappa shape index (κ1) is 21.3. The van der Waals surface area contributed by atoms with E-state index >= 15 is 0 Å². The average molecular weight is 406 g/mol. The van der Waals surface area contributed by atoms with Crippen molar-refractivity contribution in [2.45, 2.75) is 107 Å². The molecule has 2 saturated heterocycles. The standard InChI is InChI=1S/C24H39NO4/c1-3-7-18(26)11-12-19-20-14-17-10-6-13-24(23(28)29-2,16-8-4-5-9-16)25(17)21(20)15-22(19)27/h11-12,16-22,26-27H,3-10,13-15H2,1-2H3/b12-11+/t17?,18-,19-,20-,21-,22-,24?/m1/s1. The van der Waals surface area contributed by atoms with E-state index in [4.69, 9.17) is 4.74 Å². The molecular weight excluding hydrogens is 366 g/mol. The van der Waals surface area contributed by atoms with E-state index in [-0.39, 0.29) is 17.9 Å². The number of fused-ring (bicyclic) bond motifs is 3. The monoisotopic (exact) mass is 405 g/mol. The van der Waals surface area contributed by atoms with Crippen molar-refractivity contribution in [3.63, 3.8) is 0 Å². The first-order valence-electron chi connectivity index (χ1n) is 11.9. The van der Waals surface area contributed by atoms with Gasteiger partial charge in [0.2, 0.25) is 0 Å². The lowest BCUT2D eigenvalue weighted by Gasteiger charge is -2.52. The molecular formula is C24H39NO4. The van der Waals surface area contributed by atoms with Gasteiger partial charge in [-0.3, -0.25) is 9.69 Å². The van der Waals surface area contributed by atoms with E-state index in [0.717, 1.165) is 57.8 Å². The Bertz CT molecular complexity index is 616. The number of rotatable bonds is 6. The first-order valence-corrected chi connectivity index (χ1v) is 11.9. The van der Waals surface area contributed by atoms with Gasteiger partial charge in [0.1, 0.15) is 5.54 Å². The Morgan fingerprint density at radius 1 is 1.24 bits per heavy atom. The number of aliphatic hydroxyl groups is 2. The van der Waals surface area contributed by atoms with Crippen molar-refractivity contribution in [2.24, 2.45) is 17.8 Å². The molecule has 0 spiro atoms. The summed E-state index contributed by atoms with van der Waals surface area (Å²) in [6.45, 7) is 2.07. The zero-order valence-corrected chi connectivity index (χ0v) is 18.1. The molecule has 2 aliphatic carbocycles. The SMILES string of the molecule is CCC[C@@H](O)/C=C/[C@@H]1[C@H]2CC3CCCC(C(=O)OC)(C4CCCC4)N3[C@@H]2C[C@H]1O. The van der Waals surface area contributed by atoms with Gasteiger partial charge in [-0.25, -0.2) is 0 Å². The number of nitrogens with zero attached hydrogens (tertiary/aromatic N) is 1. The van der Waals surface area contributed by atoms with Gasteiger partial charge in [-0.15, -0.1) is 0 Å². The number of piperidine rings is 1. The fourth-order valence-electron chi connectivity index (χ4n) is 7.36. The lowest BCUT2D eigenvalue weighted by Crippen LogP contribution is -2.65. The highest BCUT2D eigenvalue weighted by Crippen LogP contribution is 2.56. The van der Waals surface area contributed by atoms with E-state index < -0.39 is 17.7 Å². The van der Waals surface area contributed by atoms with E-state index in [0.29, 0.717) is 17.9 Å². The lowest BCUT2D eigenvalue weighted by atomic mass is 9.73. The van der Waals surface area contributed by atoms with Gasteiger partial charge in [-0.1, -0.05) is 38.3 Å². The Kier molecular flexibility index (Phi) is 6.38. The van der Waals surface area contributed by atoms with Gasteiger partial charge >= 0.3 is 5.97 Å². The predicted octanol–water partition coefficient (Wildman–Crippen LogP) is 3.43. The number of hydrogen-bond acceptors (Lipinski definition) is 5. The molecule has 164 valence electrons. The van der Waals surface area contributed by atoms with Gasteiger partial charge in [-0.05, 0) is 63.2 Å². The van der Waals surface area contributed by atoms with Crippen LogP contribution in [0.15, 0.2) is 12.2 Å². The van der Waals surface area contributed by atoms with Crippen molar-refractivity contribution in [3.05, 3.63) is 12.2 Å². The molecule has 4 rings (SSSR count). The molecule has 0 aromatic rings. The molecule has 29 heavy (non-hydrogen) atoms. The fraction of sp³-hybridized carbons (Fsp3) is 0.875. The molecule has 0 aromatic heterocycles. The van der Waals surface area contributed by atoms with Gasteiger partial charge in [0.15, 0.2) is 0 Å². The fourth-order valence-corrected chi connectivity index (χ4v) is 7.36. The summed E-state index contributed by atoms with van der Waals surface area (Å²) in [4.78, 5) is 15.8. The van der Waals surface area contributed by atoms with Crippen molar-refractivity contribution in [1.29, 1.82) is 0 Å². The Morgan fingerprint density at radius 2 is 2.00 bits per heavy atom. The molecule has 2 aliphatic heterocycles. The molecule has 0 amide bonds. The summed E-state index contributed by atoms with van der Waals surface area (Å²) in [5.41, 5.74) is -0.492. The average Bonchev–Trinajstić information content (AvgIpc) is 3.42. The maximum atomic E-state index is 13.3. The highest BCUT2D eigenvalue weighted by molar-refractivity contribution is 5.82. The Balaban J connectivity index is 1.62. The van der Waals surface area contributed by atoms with Crippen LogP contribution < -0.4 is 0 Å². The molecule has 4 aliphatic rings. The van der Waals surface area contributed by atoms with Gasteiger partial charge in [0, 0.05) is 18.0 Å². The molecule has 5 nitrogen and oxygen atoms in total. The molecule has 0 radical (unpaired) electrons. The predicted molar refractivity (Wildman–Crippen MR) is 112 cm³/mol. The third-order valence-corrected chi connectivity index (χ3v) is 8.48. The number of esters is 1. The smallest absolute Gasteiger partial charge is 0.326 e. The van der Waals surface area contributed by atoms with E-state index in [9.17, 15) is 15.0 Å². The highest BCUT2D eigenvalue weighted by Gasteiger charge is 2.63. The van der Waals surface area contributed by atoms with Gasteiger partial charge in [0.05, 0.1) is 19.3 Å². The minimum atomic E-state index is -0.492. The number of hydrogen-bond donors (Lipinski definition) is 2. The third kappa shape index (κ3) is 3.57. The van der Waals surface area contributed by atoms with Crippen LogP contribution in [0.2, 0.25) is 0 Å². The van der Waals surface area contributed by atoms with E-state index in [1.807, 2.05) is 6.08 Å². The second kappa shape index (κ2) is 8.68. The van der Waals surface area contributed by atoms with Crippen LogP contribution >= 0.6 is 0 Å². The maximum absolute atomic E-state index is 13.3. The maximum Gasteiger partial charge on any atom is 0.326 e. The second-order valence-electron chi connectivity index (χ2n) is 9.94. The molecule has 0 bridgehead atoms. The van der Waals surface area contributed by atoms with Crippen molar-refractivity contribution in [2.75, 3.05) is 7.11 Å². The quantitative estimate of drug-likeness (QED) is 0.523. The number of aliphatic hydroxyl groups excluding tert-OH is 2. The largest absolute Gasteiger partial charge is 0.468 e. The molecule has 2 unspecified atom stereocenters. The first-order chi connectivity index (χ1) is 14.0. The summed E-state index contributed by atoms with van der Waals surface area (Å²) in [5.74, 6) is 0.788. The van der Waals surface area contributed by atoms with Crippen LogP contribution in [0.5, 0.6) is 0 Å². The zero-order valence-electron chi connectivity index (χ0n) is 18.1. The summed E-state index contributed by atoms with van der Waals surface area (Å²) < 4.78 is 5.43. The van der Waals surface area contributed by atoms with Crippen molar-refractivity contribution < 1.29 is 19.7 Å². The minimum absolute atomic E-state index is 0.0402. The summed E-state index contributed by atoms with van der Waals surface area (Å²) in [6, 6.07) is 0.662. The van der Waals surface area contributed by atoms with Gasteiger partial charge < -0.3 is 14.9 Å². The van der Waals surface area contributed by atoms with Crippen molar-refractivity contribution in [1.82, 2.24) is 4.90 Å². The minimum Gasteiger partial charge on any atom is -0.468 e. The molecule has 2 heterocycles. The highest BCUT2D eigenvalue weighted by atomic mass is 16.5. The van der Waals surface area contributed by atoms with Crippen molar-refractivity contribution >= 4 is 5.97 Å².